The second-order valence-electron chi connectivity index (χ2n) is 6.79. The van der Waals surface area contributed by atoms with Crippen LogP contribution in [0.3, 0.4) is 0 Å². The van der Waals surface area contributed by atoms with Gasteiger partial charge in [-0.15, -0.1) is 0 Å². The van der Waals surface area contributed by atoms with Crippen LogP contribution in [0.2, 0.25) is 0 Å². The first-order valence-electron chi connectivity index (χ1n) is 9.69. The Morgan fingerprint density at radius 2 is 1.31 bits per heavy atom. The fourth-order valence-corrected chi connectivity index (χ4v) is 3.23. The molecule has 1 heterocycles. The molecule has 0 saturated carbocycles. The van der Waals surface area contributed by atoms with Crippen LogP contribution in [0.5, 0.6) is 5.75 Å². The minimum Gasteiger partial charge on any atom is -0.497 e. The summed E-state index contributed by atoms with van der Waals surface area (Å²) in [6, 6.07) is 25.7. The summed E-state index contributed by atoms with van der Waals surface area (Å²) >= 11 is 0. The quantitative estimate of drug-likeness (QED) is 0.529. The van der Waals surface area contributed by atoms with E-state index < -0.39 is 0 Å². The average Bonchev–Trinajstić information content (AvgIpc) is 2.81. The van der Waals surface area contributed by atoms with Crippen LogP contribution in [0.1, 0.15) is 11.8 Å². The number of nitrogens with two attached hydrogens (primary N) is 1. The van der Waals surface area contributed by atoms with E-state index in [4.69, 9.17) is 10.5 Å². The molecule has 0 spiro atoms. The predicted octanol–water partition coefficient (Wildman–Crippen LogP) is 4.35. The molecule has 1 fully saturated rings. The van der Waals surface area contributed by atoms with E-state index in [-0.39, 0.29) is 1.43 Å². The number of piperazine rings is 1. The van der Waals surface area contributed by atoms with Crippen LogP contribution in [-0.4, -0.2) is 39.6 Å². The van der Waals surface area contributed by atoms with Crippen LogP contribution in [0.4, 0.5) is 17.1 Å². The number of rotatable bonds is 4. The van der Waals surface area contributed by atoms with Gasteiger partial charge in [-0.3, -0.25) is 4.79 Å². The SMILES string of the molecule is COc1ccc(C=O)cc1.Nc1ccc(N2CCN(c3ccccc3)CC2)cc1.[HH]. The van der Waals surface area contributed by atoms with E-state index in [1.165, 1.54) is 11.4 Å². The topological polar surface area (TPSA) is 58.8 Å². The van der Waals surface area contributed by atoms with E-state index in [2.05, 4.69) is 52.3 Å². The fourth-order valence-electron chi connectivity index (χ4n) is 3.23. The summed E-state index contributed by atoms with van der Waals surface area (Å²) in [6.07, 6.45) is 0.805. The molecule has 152 valence electrons. The number of hydrogen-bond donors (Lipinski definition) is 1. The van der Waals surface area contributed by atoms with Gasteiger partial charge in [0, 0.05) is 50.2 Å². The van der Waals surface area contributed by atoms with E-state index in [9.17, 15) is 4.79 Å². The molecule has 4 rings (SSSR count). The van der Waals surface area contributed by atoms with Crippen molar-refractivity contribution in [3.05, 3.63) is 84.4 Å². The molecule has 1 aliphatic heterocycles. The molecule has 1 saturated heterocycles. The summed E-state index contributed by atoms with van der Waals surface area (Å²) in [4.78, 5) is 15.0. The summed E-state index contributed by atoms with van der Waals surface area (Å²) in [5.41, 5.74) is 9.81. The van der Waals surface area contributed by atoms with E-state index in [0.29, 0.717) is 5.56 Å². The highest BCUT2D eigenvalue weighted by atomic mass is 16.5. The van der Waals surface area contributed by atoms with Crippen LogP contribution in [-0.2, 0) is 0 Å². The lowest BCUT2D eigenvalue weighted by Crippen LogP contribution is -2.46. The monoisotopic (exact) mass is 391 g/mol. The van der Waals surface area contributed by atoms with Gasteiger partial charge in [-0.2, -0.15) is 0 Å². The summed E-state index contributed by atoms with van der Waals surface area (Å²) in [5.74, 6) is 0.769. The zero-order valence-corrected chi connectivity index (χ0v) is 16.7. The zero-order chi connectivity index (χ0) is 20.5. The highest BCUT2D eigenvalue weighted by Gasteiger charge is 2.17. The van der Waals surface area contributed by atoms with Crippen LogP contribution >= 0.6 is 0 Å². The van der Waals surface area contributed by atoms with Crippen LogP contribution in [0.25, 0.3) is 0 Å². The summed E-state index contributed by atoms with van der Waals surface area (Å²) in [6.45, 7) is 4.24. The van der Waals surface area contributed by atoms with Gasteiger partial charge in [0.05, 0.1) is 7.11 Å². The van der Waals surface area contributed by atoms with Gasteiger partial charge in [0.2, 0.25) is 0 Å². The second-order valence-corrected chi connectivity index (χ2v) is 6.79. The first-order chi connectivity index (χ1) is 14.2. The predicted molar refractivity (Wildman–Crippen MR) is 122 cm³/mol. The van der Waals surface area contributed by atoms with Crippen molar-refractivity contribution in [2.24, 2.45) is 0 Å². The number of nitrogen functional groups attached to an aromatic ring is 1. The van der Waals surface area contributed by atoms with Crippen LogP contribution in [0.15, 0.2) is 78.9 Å². The van der Waals surface area contributed by atoms with Crippen molar-refractivity contribution in [3.63, 3.8) is 0 Å². The maximum atomic E-state index is 10.2. The summed E-state index contributed by atoms with van der Waals surface area (Å²) in [5, 5.41) is 0. The summed E-state index contributed by atoms with van der Waals surface area (Å²) < 4.78 is 4.90. The number of nitrogens with zero attached hydrogens (tertiary/aromatic N) is 2. The van der Waals surface area contributed by atoms with Gasteiger partial charge in [0.1, 0.15) is 12.0 Å². The smallest absolute Gasteiger partial charge is 0.150 e. The van der Waals surface area contributed by atoms with Crippen LogP contribution < -0.4 is 20.3 Å². The Balaban J connectivity index is 0.000000249. The molecular weight excluding hydrogens is 362 g/mol. The van der Waals surface area contributed by atoms with Crippen molar-refractivity contribution in [2.75, 3.05) is 48.8 Å². The molecule has 0 unspecified atom stereocenters. The highest BCUT2D eigenvalue weighted by Crippen LogP contribution is 2.21. The number of carbonyl (C=O) groups is 1. The van der Waals surface area contributed by atoms with Crippen molar-refractivity contribution in [3.8, 4) is 5.75 Å². The van der Waals surface area contributed by atoms with Gasteiger partial charge in [-0.1, -0.05) is 18.2 Å². The Labute approximate surface area is 173 Å². The van der Waals surface area contributed by atoms with Gasteiger partial charge >= 0.3 is 0 Å². The average molecular weight is 392 g/mol. The number of anilines is 3. The zero-order valence-electron chi connectivity index (χ0n) is 16.7. The molecule has 0 atom stereocenters. The molecule has 0 aliphatic carbocycles. The van der Waals surface area contributed by atoms with Gasteiger partial charge in [-0.25, -0.2) is 0 Å². The van der Waals surface area contributed by atoms with Gasteiger partial charge in [0.15, 0.2) is 0 Å². The van der Waals surface area contributed by atoms with Crippen molar-refractivity contribution < 1.29 is 11.0 Å². The maximum absolute atomic E-state index is 10.2. The molecule has 1 aliphatic rings. The minimum atomic E-state index is 0. The molecule has 3 aromatic rings. The minimum absolute atomic E-state index is 0. The number of ether oxygens (including phenoxy) is 1. The van der Waals surface area contributed by atoms with Crippen molar-refractivity contribution in [2.45, 2.75) is 0 Å². The Morgan fingerprint density at radius 1 is 0.793 bits per heavy atom. The normalized spacial score (nSPS) is 13.3. The van der Waals surface area contributed by atoms with E-state index in [1.807, 2.05) is 12.1 Å². The number of benzene rings is 3. The largest absolute Gasteiger partial charge is 0.497 e. The Bertz CT molecular complexity index is 879. The lowest BCUT2D eigenvalue weighted by molar-refractivity contribution is 0.112. The third-order valence-electron chi connectivity index (χ3n) is 4.91. The van der Waals surface area contributed by atoms with Gasteiger partial charge in [0.25, 0.3) is 0 Å². The third-order valence-corrected chi connectivity index (χ3v) is 4.91. The van der Waals surface area contributed by atoms with E-state index in [1.54, 1.807) is 31.4 Å². The lowest BCUT2D eigenvalue weighted by Gasteiger charge is -2.37. The number of methoxy groups -OCH3 is 1. The number of carbonyl (C=O) groups excluding carboxylic acids is 1. The Kier molecular flexibility index (Phi) is 7.11. The lowest BCUT2D eigenvalue weighted by atomic mass is 10.2. The Hall–Kier alpha value is -3.47. The molecule has 5 nitrogen and oxygen atoms in total. The third kappa shape index (κ3) is 5.75. The first kappa shape index (κ1) is 20.3. The first-order valence-corrected chi connectivity index (χ1v) is 9.69. The number of aldehydes is 1. The van der Waals surface area contributed by atoms with Crippen molar-refractivity contribution >= 4 is 23.3 Å². The standard InChI is InChI=1S/C16H19N3.C8H8O2.H2/c17-14-6-8-16(9-7-14)19-12-10-18(11-13-19)15-4-2-1-3-5-15;1-10-8-4-2-7(6-9)3-5-8;/h1-9H,10-13,17H2;2-6H,1H3;1H. The van der Waals surface area contributed by atoms with Crippen molar-refractivity contribution in [1.29, 1.82) is 0 Å². The molecule has 3 aromatic carbocycles. The van der Waals surface area contributed by atoms with E-state index >= 15 is 0 Å². The molecule has 5 heteroatoms. The van der Waals surface area contributed by atoms with Gasteiger partial charge < -0.3 is 20.3 Å². The highest BCUT2D eigenvalue weighted by molar-refractivity contribution is 5.74. The van der Waals surface area contributed by atoms with Crippen molar-refractivity contribution in [1.82, 2.24) is 0 Å². The fraction of sp³-hybridized carbons (Fsp3) is 0.208. The number of para-hydroxylation sites is 1. The molecule has 0 amide bonds. The molecule has 0 radical (unpaired) electrons. The molecule has 0 bridgehead atoms. The summed E-state index contributed by atoms with van der Waals surface area (Å²) in [7, 11) is 1.59. The molecule has 0 aromatic heterocycles. The van der Waals surface area contributed by atoms with Gasteiger partial charge in [-0.05, 0) is 60.7 Å². The number of hydrogen-bond acceptors (Lipinski definition) is 5. The second kappa shape index (κ2) is 10.2. The molecule has 29 heavy (non-hydrogen) atoms. The molecular formula is C24H29N3O2. The van der Waals surface area contributed by atoms with E-state index in [0.717, 1.165) is 43.9 Å². The maximum Gasteiger partial charge on any atom is 0.150 e. The Morgan fingerprint density at radius 3 is 1.79 bits per heavy atom. The van der Waals surface area contributed by atoms with Crippen LogP contribution in [0, 0.1) is 0 Å². The molecule has 2 N–H and O–H groups in total.